The predicted octanol–water partition coefficient (Wildman–Crippen LogP) is 3.41. The summed E-state index contributed by atoms with van der Waals surface area (Å²) in [5, 5.41) is 9.32. The number of amides is 3. The zero-order valence-corrected chi connectivity index (χ0v) is 15.9. The summed E-state index contributed by atoms with van der Waals surface area (Å²) >= 11 is 5.85. The molecule has 0 radical (unpaired) electrons. The number of benzene rings is 2. The van der Waals surface area contributed by atoms with Gasteiger partial charge in [0.1, 0.15) is 0 Å². The molecule has 0 aromatic heterocycles. The minimum Gasteiger partial charge on any atom is -0.352 e. The molecule has 3 N–H and O–H groups in total. The molecule has 2 aromatic rings. The Hall–Kier alpha value is -2.53. The first-order valence-corrected chi connectivity index (χ1v) is 9.57. The molecule has 6 heteroatoms. The van der Waals surface area contributed by atoms with Crippen molar-refractivity contribution in [3.8, 4) is 0 Å². The van der Waals surface area contributed by atoms with Crippen molar-refractivity contribution in [1.82, 2.24) is 16.0 Å². The SMILES string of the molecule is O=C(Cc1ccc(Cl)cc1)NCc1cccc(CNC(=O)NCC2CC2)c1. The van der Waals surface area contributed by atoms with E-state index in [4.69, 9.17) is 11.6 Å². The van der Waals surface area contributed by atoms with Gasteiger partial charge < -0.3 is 16.0 Å². The van der Waals surface area contributed by atoms with E-state index in [0.717, 1.165) is 23.2 Å². The Morgan fingerprint density at radius 2 is 1.56 bits per heavy atom. The molecule has 0 bridgehead atoms. The van der Waals surface area contributed by atoms with Crippen LogP contribution in [0.3, 0.4) is 0 Å². The van der Waals surface area contributed by atoms with Crippen molar-refractivity contribution in [1.29, 1.82) is 0 Å². The second-order valence-electron chi connectivity index (χ2n) is 6.91. The van der Waals surface area contributed by atoms with Crippen molar-refractivity contribution in [3.05, 3.63) is 70.2 Å². The summed E-state index contributed by atoms with van der Waals surface area (Å²) in [5.74, 6) is 0.621. The maximum absolute atomic E-state index is 12.1. The van der Waals surface area contributed by atoms with E-state index in [-0.39, 0.29) is 11.9 Å². The number of hydrogen-bond acceptors (Lipinski definition) is 2. The second-order valence-corrected chi connectivity index (χ2v) is 7.34. The third-order valence-electron chi connectivity index (χ3n) is 4.46. The summed E-state index contributed by atoms with van der Waals surface area (Å²) in [6.07, 6.45) is 2.75. The standard InChI is InChI=1S/C21H24ClN3O2/c22-19-8-6-15(7-9-19)11-20(26)23-13-17-2-1-3-18(10-17)14-25-21(27)24-12-16-4-5-16/h1-3,6-10,16H,4-5,11-14H2,(H,23,26)(H2,24,25,27). The van der Waals surface area contributed by atoms with Crippen LogP contribution in [0.15, 0.2) is 48.5 Å². The second kappa shape index (κ2) is 9.42. The fraction of sp³-hybridized carbons (Fsp3) is 0.333. The molecule has 1 saturated carbocycles. The fourth-order valence-electron chi connectivity index (χ4n) is 2.70. The van der Waals surface area contributed by atoms with Crippen molar-refractivity contribution >= 4 is 23.5 Å². The average molecular weight is 386 g/mol. The molecule has 142 valence electrons. The maximum Gasteiger partial charge on any atom is 0.315 e. The molecule has 3 rings (SSSR count). The molecule has 0 aliphatic heterocycles. The summed E-state index contributed by atoms with van der Waals surface area (Å²) < 4.78 is 0. The van der Waals surface area contributed by atoms with Gasteiger partial charge >= 0.3 is 6.03 Å². The van der Waals surface area contributed by atoms with Crippen LogP contribution in [-0.4, -0.2) is 18.5 Å². The third-order valence-corrected chi connectivity index (χ3v) is 4.71. The molecule has 0 saturated heterocycles. The van der Waals surface area contributed by atoms with Gasteiger partial charge in [0.25, 0.3) is 0 Å². The molecular formula is C21H24ClN3O2. The van der Waals surface area contributed by atoms with Crippen LogP contribution in [0.5, 0.6) is 0 Å². The summed E-state index contributed by atoms with van der Waals surface area (Å²) in [4.78, 5) is 23.8. The van der Waals surface area contributed by atoms with E-state index in [1.54, 1.807) is 12.1 Å². The first kappa shape index (κ1) is 19.2. The minimum absolute atomic E-state index is 0.0414. The molecule has 5 nitrogen and oxygen atoms in total. The predicted molar refractivity (Wildman–Crippen MR) is 106 cm³/mol. The van der Waals surface area contributed by atoms with Gasteiger partial charge in [-0.2, -0.15) is 0 Å². The summed E-state index contributed by atoms with van der Waals surface area (Å²) in [7, 11) is 0. The Bertz CT molecular complexity index is 788. The van der Waals surface area contributed by atoms with Crippen LogP contribution in [0.2, 0.25) is 5.02 Å². The van der Waals surface area contributed by atoms with E-state index >= 15 is 0 Å². The number of nitrogens with one attached hydrogen (secondary N) is 3. The van der Waals surface area contributed by atoms with Gasteiger partial charge in [0, 0.05) is 24.7 Å². The van der Waals surface area contributed by atoms with E-state index in [9.17, 15) is 9.59 Å². The van der Waals surface area contributed by atoms with Crippen molar-refractivity contribution in [2.75, 3.05) is 6.54 Å². The molecule has 0 heterocycles. The highest BCUT2D eigenvalue weighted by Crippen LogP contribution is 2.27. The number of rotatable bonds is 8. The molecule has 0 spiro atoms. The summed E-state index contributed by atoms with van der Waals surface area (Å²) in [6.45, 7) is 1.67. The first-order valence-electron chi connectivity index (χ1n) is 9.19. The van der Waals surface area contributed by atoms with Gasteiger partial charge in [-0.25, -0.2) is 4.79 Å². The number of urea groups is 1. The minimum atomic E-state index is -0.136. The lowest BCUT2D eigenvalue weighted by molar-refractivity contribution is -0.120. The van der Waals surface area contributed by atoms with Crippen LogP contribution < -0.4 is 16.0 Å². The Balaban J connectivity index is 1.41. The zero-order valence-electron chi connectivity index (χ0n) is 15.1. The first-order chi connectivity index (χ1) is 13.1. The number of halogens is 1. The van der Waals surface area contributed by atoms with Gasteiger partial charge in [-0.05, 0) is 47.6 Å². The zero-order chi connectivity index (χ0) is 19.1. The fourth-order valence-corrected chi connectivity index (χ4v) is 2.83. The molecule has 1 fully saturated rings. The largest absolute Gasteiger partial charge is 0.352 e. The highest BCUT2D eigenvalue weighted by atomic mass is 35.5. The summed E-state index contributed by atoms with van der Waals surface area (Å²) in [5.41, 5.74) is 2.92. The van der Waals surface area contributed by atoms with Gasteiger partial charge in [-0.1, -0.05) is 48.0 Å². The summed E-state index contributed by atoms with van der Waals surface area (Å²) in [6, 6.07) is 15.0. The van der Waals surface area contributed by atoms with Crippen molar-refractivity contribution in [3.63, 3.8) is 0 Å². The molecule has 2 aromatic carbocycles. The van der Waals surface area contributed by atoms with Crippen LogP contribution in [0, 0.1) is 5.92 Å². The molecule has 3 amide bonds. The molecule has 27 heavy (non-hydrogen) atoms. The Morgan fingerprint density at radius 1 is 0.889 bits per heavy atom. The quantitative estimate of drug-likeness (QED) is 0.651. The monoisotopic (exact) mass is 385 g/mol. The van der Waals surface area contributed by atoms with Crippen LogP contribution in [0.1, 0.15) is 29.5 Å². The lowest BCUT2D eigenvalue weighted by Crippen LogP contribution is -2.36. The molecule has 1 aliphatic rings. The van der Waals surface area contributed by atoms with E-state index in [0.29, 0.717) is 30.5 Å². The highest BCUT2D eigenvalue weighted by molar-refractivity contribution is 6.30. The smallest absolute Gasteiger partial charge is 0.315 e. The lowest BCUT2D eigenvalue weighted by Gasteiger charge is -2.09. The average Bonchev–Trinajstić information content (AvgIpc) is 3.50. The van der Waals surface area contributed by atoms with Crippen LogP contribution in [-0.2, 0) is 24.3 Å². The van der Waals surface area contributed by atoms with Crippen molar-refractivity contribution < 1.29 is 9.59 Å². The molecule has 1 aliphatic carbocycles. The number of hydrogen-bond donors (Lipinski definition) is 3. The van der Waals surface area contributed by atoms with E-state index in [2.05, 4.69) is 16.0 Å². The maximum atomic E-state index is 12.1. The van der Waals surface area contributed by atoms with Crippen molar-refractivity contribution in [2.24, 2.45) is 5.92 Å². The van der Waals surface area contributed by atoms with Crippen LogP contribution >= 0.6 is 11.6 Å². The van der Waals surface area contributed by atoms with Crippen molar-refractivity contribution in [2.45, 2.75) is 32.4 Å². The van der Waals surface area contributed by atoms with Crippen LogP contribution in [0.25, 0.3) is 0 Å². The molecule has 0 unspecified atom stereocenters. The lowest BCUT2D eigenvalue weighted by atomic mass is 10.1. The van der Waals surface area contributed by atoms with Gasteiger partial charge in [-0.15, -0.1) is 0 Å². The Kier molecular flexibility index (Phi) is 6.71. The normalized spacial score (nSPS) is 13.1. The molecule has 0 atom stereocenters. The topological polar surface area (TPSA) is 70.2 Å². The Morgan fingerprint density at radius 3 is 2.22 bits per heavy atom. The number of carbonyl (C=O) groups excluding carboxylic acids is 2. The molecular weight excluding hydrogens is 362 g/mol. The van der Waals surface area contributed by atoms with E-state index < -0.39 is 0 Å². The Labute approximate surface area is 164 Å². The van der Waals surface area contributed by atoms with Gasteiger partial charge in [0.2, 0.25) is 5.91 Å². The van der Waals surface area contributed by atoms with Gasteiger partial charge in [0.05, 0.1) is 6.42 Å². The third kappa shape index (κ3) is 6.94. The van der Waals surface area contributed by atoms with E-state index in [1.807, 2.05) is 36.4 Å². The van der Waals surface area contributed by atoms with E-state index in [1.165, 1.54) is 12.8 Å². The highest BCUT2D eigenvalue weighted by Gasteiger charge is 2.21. The number of carbonyl (C=O) groups is 2. The van der Waals surface area contributed by atoms with Gasteiger partial charge in [0.15, 0.2) is 0 Å². The van der Waals surface area contributed by atoms with Crippen LogP contribution in [0.4, 0.5) is 4.79 Å². The van der Waals surface area contributed by atoms with Gasteiger partial charge in [-0.3, -0.25) is 4.79 Å².